The van der Waals surface area contributed by atoms with Gasteiger partial charge in [-0.2, -0.15) is 0 Å². The lowest BCUT2D eigenvalue weighted by molar-refractivity contribution is -0.145. The van der Waals surface area contributed by atoms with Gasteiger partial charge in [0.25, 0.3) is 0 Å². The molecule has 2 aliphatic heterocycles. The Morgan fingerprint density at radius 1 is 1.23 bits per heavy atom. The molecule has 3 fully saturated rings. The Morgan fingerprint density at radius 3 is 2.71 bits per heavy atom. The van der Waals surface area contributed by atoms with Crippen LogP contribution in [0.4, 0.5) is 10.1 Å². The molecule has 0 bridgehead atoms. The molecule has 0 radical (unpaired) electrons. The molecule has 168 valence electrons. The van der Waals surface area contributed by atoms with Gasteiger partial charge in [-0.3, -0.25) is 9.69 Å². The van der Waals surface area contributed by atoms with E-state index in [-0.39, 0.29) is 35.1 Å². The van der Waals surface area contributed by atoms with E-state index in [1.807, 2.05) is 12.1 Å². The third-order valence-corrected chi connectivity index (χ3v) is 8.59. The van der Waals surface area contributed by atoms with E-state index >= 15 is 0 Å². The summed E-state index contributed by atoms with van der Waals surface area (Å²) in [6, 6.07) is 6.89. The average molecular weight is 429 g/mol. The smallest absolute Gasteiger partial charge is 0.311 e. The second kappa shape index (κ2) is 7.89. The fourth-order valence-electron chi connectivity index (χ4n) is 6.43. The number of hydrogen-bond donors (Lipinski definition) is 1. The molecular weight excluding hydrogens is 395 g/mol. The van der Waals surface area contributed by atoms with Gasteiger partial charge in [-0.15, -0.1) is 0 Å². The molecule has 1 saturated carbocycles. The van der Waals surface area contributed by atoms with Crippen molar-refractivity contribution in [3.63, 3.8) is 0 Å². The first-order valence-corrected chi connectivity index (χ1v) is 11.7. The van der Waals surface area contributed by atoms with Gasteiger partial charge in [0.15, 0.2) is 0 Å². The molecule has 2 saturated heterocycles. The van der Waals surface area contributed by atoms with Crippen LogP contribution in [0, 0.1) is 29.0 Å². The number of hydrogen-bond acceptors (Lipinski definition) is 5. The minimum Gasteiger partial charge on any atom is -0.461 e. The highest BCUT2D eigenvalue weighted by atomic mass is 19.1. The van der Waals surface area contributed by atoms with Crippen molar-refractivity contribution in [3.8, 4) is 0 Å². The first-order chi connectivity index (χ1) is 14.9. The maximum atomic E-state index is 14.1. The number of ether oxygens (including phenoxy) is 1. The van der Waals surface area contributed by atoms with Crippen molar-refractivity contribution in [1.82, 2.24) is 4.90 Å². The van der Waals surface area contributed by atoms with E-state index in [0.717, 1.165) is 45.4 Å². The van der Waals surface area contributed by atoms with Crippen molar-refractivity contribution in [3.05, 3.63) is 41.7 Å². The van der Waals surface area contributed by atoms with E-state index in [1.54, 1.807) is 6.07 Å². The van der Waals surface area contributed by atoms with Gasteiger partial charge in [-0.1, -0.05) is 37.6 Å². The van der Waals surface area contributed by atoms with E-state index < -0.39 is 6.10 Å². The molecule has 1 aromatic rings. The highest BCUT2D eigenvalue weighted by Crippen LogP contribution is 2.56. The van der Waals surface area contributed by atoms with E-state index in [2.05, 4.69) is 29.7 Å². The van der Waals surface area contributed by atoms with E-state index in [1.165, 1.54) is 11.6 Å². The van der Waals surface area contributed by atoms with Crippen molar-refractivity contribution >= 4 is 11.7 Å². The summed E-state index contributed by atoms with van der Waals surface area (Å²) in [5.41, 5.74) is 1.64. The van der Waals surface area contributed by atoms with Crippen LogP contribution in [0.1, 0.15) is 33.1 Å². The van der Waals surface area contributed by atoms with E-state index in [9.17, 15) is 14.3 Å². The Balaban J connectivity index is 1.28. The number of aliphatic hydroxyl groups is 1. The van der Waals surface area contributed by atoms with Crippen LogP contribution >= 0.6 is 0 Å². The maximum Gasteiger partial charge on any atom is 0.311 e. The van der Waals surface area contributed by atoms with Crippen molar-refractivity contribution < 1.29 is 19.0 Å². The molecule has 2 heterocycles. The summed E-state index contributed by atoms with van der Waals surface area (Å²) < 4.78 is 19.9. The Kier molecular flexibility index (Phi) is 5.33. The molecule has 5 rings (SSSR count). The number of piperazine rings is 1. The monoisotopic (exact) mass is 428 g/mol. The normalized spacial score (nSPS) is 38.3. The standard InChI is InChI=1S/C25H33FN2O3/c1-16-6-5-7-17-14-21-22(23(29)25(16,17)2)18(24(30)31-21)15-27-10-12-28(13-11-27)20-9-4-3-8-19(20)26/h3-4,7-9,16,18,21-23,29H,5-6,10-15H2,1-2H3/t16-,18?,21-,22-,23+,25-/m1/s1. The Bertz CT molecular complexity index is 881. The SMILES string of the molecule is C[C@@H]1CCC=C2C[C@H]3OC(=O)C(CN4CCN(c5ccccc5F)CC4)[C@H]3[C@H](O)[C@@]21C. The lowest BCUT2D eigenvalue weighted by Crippen LogP contribution is -2.55. The minimum absolute atomic E-state index is 0.153. The number of allylic oxidation sites excluding steroid dienone is 1. The number of nitrogens with zero attached hydrogens (tertiary/aromatic N) is 2. The zero-order chi connectivity index (χ0) is 21.8. The fourth-order valence-corrected chi connectivity index (χ4v) is 6.43. The van der Waals surface area contributed by atoms with Gasteiger partial charge in [0.1, 0.15) is 11.9 Å². The topological polar surface area (TPSA) is 53.0 Å². The Morgan fingerprint density at radius 2 is 1.97 bits per heavy atom. The number of aliphatic hydroxyl groups excluding tert-OH is 1. The molecule has 2 aliphatic carbocycles. The average Bonchev–Trinajstić information content (AvgIpc) is 3.06. The van der Waals surface area contributed by atoms with Gasteiger partial charge < -0.3 is 14.7 Å². The summed E-state index contributed by atoms with van der Waals surface area (Å²) in [4.78, 5) is 17.2. The van der Waals surface area contributed by atoms with Crippen LogP contribution in [0.2, 0.25) is 0 Å². The first kappa shape index (κ1) is 21.0. The lowest BCUT2D eigenvalue weighted by atomic mass is 9.55. The molecule has 6 atom stereocenters. The van der Waals surface area contributed by atoms with Crippen LogP contribution in [-0.2, 0) is 9.53 Å². The van der Waals surface area contributed by atoms with E-state index in [0.29, 0.717) is 18.2 Å². The third kappa shape index (κ3) is 3.39. The van der Waals surface area contributed by atoms with Crippen LogP contribution in [0.15, 0.2) is 35.9 Å². The second-order valence-corrected chi connectivity index (χ2v) is 10.0. The van der Waals surface area contributed by atoms with Gasteiger partial charge in [0.05, 0.1) is 17.7 Å². The fraction of sp³-hybridized carbons (Fsp3) is 0.640. The molecule has 1 N–H and O–H groups in total. The quantitative estimate of drug-likeness (QED) is 0.592. The van der Waals surface area contributed by atoms with Crippen molar-refractivity contribution in [2.75, 3.05) is 37.6 Å². The number of anilines is 1. The zero-order valence-corrected chi connectivity index (χ0v) is 18.5. The summed E-state index contributed by atoms with van der Waals surface area (Å²) >= 11 is 0. The number of benzene rings is 1. The molecule has 1 aromatic carbocycles. The summed E-state index contributed by atoms with van der Waals surface area (Å²) in [7, 11) is 0. The lowest BCUT2D eigenvalue weighted by Gasteiger charge is -2.52. The van der Waals surface area contributed by atoms with Crippen LogP contribution in [-0.4, -0.2) is 60.9 Å². The van der Waals surface area contributed by atoms with Gasteiger partial charge in [0.2, 0.25) is 0 Å². The first-order valence-electron chi connectivity index (χ1n) is 11.7. The molecule has 0 amide bonds. The summed E-state index contributed by atoms with van der Waals surface area (Å²) in [5, 5.41) is 11.5. The number of halogens is 1. The van der Waals surface area contributed by atoms with Gasteiger partial charge in [-0.05, 0) is 30.9 Å². The van der Waals surface area contributed by atoms with Crippen LogP contribution in [0.3, 0.4) is 0 Å². The predicted octanol–water partition coefficient (Wildman–Crippen LogP) is 3.23. The molecule has 31 heavy (non-hydrogen) atoms. The number of rotatable bonds is 3. The molecule has 0 aromatic heterocycles. The summed E-state index contributed by atoms with van der Waals surface area (Å²) in [5.74, 6) is -0.417. The molecule has 1 unspecified atom stereocenters. The van der Waals surface area contributed by atoms with Crippen molar-refractivity contribution in [2.45, 2.75) is 45.3 Å². The van der Waals surface area contributed by atoms with Gasteiger partial charge in [0, 0.05) is 50.5 Å². The minimum atomic E-state index is -0.566. The molecule has 6 heteroatoms. The summed E-state index contributed by atoms with van der Waals surface area (Å²) in [6.07, 6.45) is 4.36. The highest BCUT2D eigenvalue weighted by molar-refractivity contribution is 5.76. The zero-order valence-electron chi connectivity index (χ0n) is 18.5. The van der Waals surface area contributed by atoms with Gasteiger partial charge in [-0.25, -0.2) is 4.39 Å². The number of fused-ring (bicyclic) bond motifs is 2. The van der Waals surface area contributed by atoms with Gasteiger partial charge >= 0.3 is 5.97 Å². The molecule has 0 spiro atoms. The summed E-state index contributed by atoms with van der Waals surface area (Å²) in [6.45, 7) is 7.99. The number of esters is 1. The largest absolute Gasteiger partial charge is 0.461 e. The van der Waals surface area contributed by atoms with Crippen LogP contribution in [0.25, 0.3) is 0 Å². The Labute approximate surface area is 183 Å². The van der Waals surface area contributed by atoms with E-state index in [4.69, 9.17) is 4.74 Å². The third-order valence-electron chi connectivity index (χ3n) is 8.59. The predicted molar refractivity (Wildman–Crippen MR) is 117 cm³/mol. The van der Waals surface area contributed by atoms with Crippen LogP contribution in [0.5, 0.6) is 0 Å². The number of carbonyl (C=O) groups excluding carboxylic acids is 1. The second-order valence-electron chi connectivity index (χ2n) is 10.0. The number of carbonyl (C=O) groups is 1. The maximum absolute atomic E-state index is 14.1. The molecular formula is C25H33FN2O3. The molecule has 5 nitrogen and oxygen atoms in total. The van der Waals surface area contributed by atoms with Crippen LogP contribution < -0.4 is 4.90 Å². The Hall–Kier alpha value is -1.92. The molecule has 4 aliphatic rings. The number of para-hydroxylation sites is 1. The van der Waals surface area contributed by atoms with Crippen molar-refractivity contribution in [2.24, 2.45) is 23.2 Å². The highest BCUT2D eigenvalue weighted by Gasteiger charge is 2.59. The van der Waals surface area contributed by atoms with Crippen molar-refractivity contribution in [1.29, 1.82) is 0 Å².